The lowest BCUT2D eigenvalue weighted by Gasteiger charge is -2.13. The third kappa shape index (κ3) is 3.25. The molecule has 0 spiro atoms. The highest BCUT2D eigenvalue weighted by Gasteiger charge is 2.15. The van der Waals surface area contributed by atoms with Crippen LogP contribution in [-0.4, -0.2) is 20.1 Å². The largest absolute Gasteiger partial charge is 0.496 e. The number of hydrogen-bond donors (Lipinski definition) is 2. The predicted octanol–water partition coefficient (Wildman–Crippen LogP) is 2.85. The molecule has 21 heavy (non-hydrogen) atoms. The topological polar surface area (TPSA) is 73.6 Å². The summed E-state index contributed by atoms with van der Waals surface area (Å²) in [6.45, 7) is 1.95. The number of nitrogen functional groups attached to an aromatic ring is 1. The Morgan fingerprint density at radius 2 is 1.76 bits per heavy atom. The van der Waals surface area contributed by atoms with Crippen molar-refractivity contribution in [2.24, 2.45) is 0 Å². The Bertz CT molecular complexity index is 669. The number of amides is 1. The predicted molar refractivity (Wildman–Crippen MR) is 83.1 cm³/mol. The Balaban J connectivity index is 2.32. The van der Waals surface area contributed by atoms with E-state index in [4.69, 9.17) is 15.2 Å². The summed E-state index contributed by atoms with van der Waals surface area (Å²) < 4.78 is 10.5. The van der Waals surface area contributed by atoms with Gasteiger partial charge in [-0.1, -0.05) is 6.07 Å². The molecule has 2 aromatic carbocycles. The summed E-state index contributed by atoms with van der Waals surface area (Å²) >= 11 is 0. The molecule has 0 aliphatic heterocycles. The molecule has 0 aromatic heterocycles. The zero-order valence-electron chi connectivity index (χ0n) is 12.3. The van der Waals surface area contributed by atoms with Gasteiger partial charge in [0.05, 0.1) is 25.5 Å². The van der Waals surface area contributed by atoms with Crippen LogP contribution in [0.4, 0.5) is 11.4 Å². The molecule has 1 amide bonds. The maximum Gasteiger partial charge on any atom is 0.259 e. The smallest absolute Gasteiger partial charge is 0.259 e. The van der Waals surface area contributed by atoms with Crippen LogP contribution >= 0.6 is 0 Å². The molecule has 0 saturated heterocycles. The van der Waals surface area contributed by atoms with Gasteiger partial charge in [0.25, 0.3) is 5.91 Å². The van der Waals surface area contributed by atoms with Gasteiger partial charge in [-0.2, -0.15) is 0 Å². The van der Waals surface area contributed by atoms with E-state index in [0.717, 1.165) is 5.56 Å². The molecule has 0 aliphatic rings. The van der Waals surface area contributed by atoms with Crippen molar-refractivity contribution in [3.05, 3.63) is 47.5 Å². The number of carbonyl (C=O) groups excluding carboxylic acids is 1. The SMILES string of the molecule is COc1cc(C)ccc1NC(=O)c1cc(N)ccc1OC. The van der Waals surface area contributed by atoms with Gasteiger partial charge in [-0.3, -0.25) is 4.79 Å². The van der Waals surface area contributed by atoms with Gasteiger partial charge in [0.15, 0.2) is 0 Å². The van der Waals surface area contributed by atoms with Crippen LogP contribution in [0.25, 0.3) is 0 Å². The molecule has 5 nitrogen and oxygen atoms in total. The van der Waals surface area contributed by atoms with Gasteiger partial charge in [0.2, 0.25) is 0 Å². The van der Waals surface area contributed by atoms with Crippen LogP contribution in [-0.2, 0) is 0 Å². The Morgan fingerprint density at radius 1 is 1.05 bits per heavy atom. The van der Waals surface area contributed by atoms with E-state index >= 15 is 0 Å². The molecule has 0 unspecified atom stereocenters. The van der Waals surface area contributed by atoms with Crippen molar-refractivity contribution in [3.63, 3.8) is 0 Å². The standard InChI is InChI=1S/C16H18N2O3/c1-10-4-6-13(15(8-10)21-3)18-16(19)12-9-11(17)5-7-14(12)20-2/h4-9H,17H2,1-3H3,(H,18,19). The highest BCUT2D eigenvalue weighted by molar-refractivity contribution is 6.07. The lowest BCUT2D eigenvalue weighted by Crippen LogP contribution is -2.14. The first-order valence-corrected chi connectivity index (χ1v) is 6.44. The van der Waals surface area contributed by atoms with Gasteiger partial charge in [-0.25, -0.2) is 0 Å². The Kier molecular flexibility index (Phi) is 4.33. The molecule has 0 radical (unpaired) electrons. The molecule has 0 bridgehead atoms. The number of ether oxygens (including phenoxy) is 2. The van der Waals surface area contributed by atoms with Gasteiger partial charge in [0, 0.05) is 5.69 Å². The molecule has 0 atom stereocenters. The third-order valence-electron chi connectivity index (χ3n) is 3.07. The van der Waals surface area contributed by atoms with Gasteiger partial charge in [0.1, 0.15) is 11.5 Å². The van der Waals surface area contributed by atoms with E-state index < -0.39 is 0 Å². The number of nitrogens with two attached hydrogens (primary N) is 1. The molecule has 0 aliphatic carbocycles. The molecular weight excluding hydrogens is 268 g/mol. The minimum absolute atomic E-state index is 0.304. The number of aryl methyl sites for hydroxylation is 1. The number of nitrogens with one attached hydrogen (secondary N) is 1. The normalized spacial score (nSPS) is 10.0. The summed E-state index contributed by atoms with van der Waals surface area (Å²) in [5, 5.41) is 2.81. The van der Waals surface area contributed by atoms with E-state index in [-0.39, 0.29) is 5.91 Å². The summed E-state index contributed by atoms with van der Waals surface area (Å²) in [6.07, 6.45) is 0. The average Bonchev–Trinajstić information content (AvgIpc) is 2.48. The summed E-state index contributed by atoms with van der Waals surface area (Å²) in [5.74, 6) is 0.764. The van der Waals surface area contributed by atoms with E-state index in [1.807, 2.05) is 19.1 Å². The molecule has 2 rings (SSSR count). The molecule has 3 N–H and O–H groups in total. The van der Waals surface area contributed by atoms with Crippen LogP contribution in [0.3, 0.4) is 0 Å². The zero-order valence-corrected chi connectivity index (χ0v) is 12.3. The summed E-state index contributed by atoms with van der Waals surface area (Å²) in [4.78, 5) is 12.4. The van der Waals surface area contributed by atoms with Crippen LogP contribution in [0.15, 0.2) is 36.4 Å². The van der Waals surface area contributed by atoms with Crippen molar-refractivity contribution in [2.45, 2.75) is 6.92 Å². The van der Waals surface area contributed by atoms with E-state index in [9.17, 15) is 4.79 Å². The number of rotatable bonds is 4. The van der Waals surface area contributed by atoms with E-state index in [0.29, 0.717) is 28.4 Å². The average molecular weight is 286 g/mol. The second-order valence-electron chi connectivity index (χ2n) is 4.62. The number of hydrogen-bond acceptors (Lipinski definition) is 4. The highest BCUT2D eigenvalue weighted by Crippen LogP contribution is 2.27. The lowest BCUT2D eigenvalue weighted by molar-refractivity contribution is 0.102. The fourth-order valence-corrected chi connectivity index (χ4v) is 1.99. The first-order valence-electron chi connectivity index (χ1n) is 6.44. The molecule has 2 aromatic rings. The Hall–Kier alpha value is -2.69. The van der Waals surface area contributed by atoms with Crippen LogP contribution in [0.2, 0.25) is 0 Å². The first-order chi connectivity index (χ1) is 10.0. The van der Waals surface area contributed by atoms with Crippen molar-refractivity contribution in [3.8, 4) is 11.5 Å². The van der Waals surface area contributed by atoms with E-state index in [1.165, 1.54) is 7.11 Å². The van der Waals surface area contributed by atoms with Gasteiger partial charge in [-0.05, 0) is 42.8 Å². The number of methoxy groups -OCH3 is 2. The zero-order chi connectivity index (χ0) is 15.4. The Morgan fingerprint density at radius 3 is 2.43 bits per heavy atom. The van der Waals surface area contributed by atoms with Crippen LogP contribution in [0.5, 0.6) is 11.5 Å². The van der Waals surface area contributed by atoms with Crippen molar-refractivity contribution in [1.29, 1.82) is 0 Å². The maximum absolute atomic E-state index is 12.4. The third-order valence-corrected chi connectivity index (χ3v) is 3.07. The van der Waals surface area contributed by atoms with Crippen LogP contribution in [0, 0.1) is 6.92 Å². The minimum Gasteiger partial charge on any atom is -0.496 e. The highest BCUT2D eigenvalue weighted by atomic mass is 16.5. The van der Waals surface area contributed by atoms with Crippen LogP contribution in [0.1, 0.15) is 15.9 Å². The van der Waals surface area contributed by atoms with Crippen molar-refractivity contribution in [1.82, 2.24) is 0 Å². The molecular formula is C16H18N2O3. The summed E-state index contributed by atoms with van der Waals surface area (Å²) in [6, 6.07) is 10.5. The molecule has 5 heteroatoms. The second kappa shape index (κ2) is 6.17. The van der Waals surface area contributed by atoms with Crippen molar-refractivity contribution >= 4 is 17.3 Å². The van der Waals surface area contributed by atoms with Crippen LogP contribution < -0.4 is 20.5 Å². The fourth-order valence-electron chi connectivity index (χ4n) is 1.99. The lowest BCUT2D eigenvalue weighted by atomic mass is 10.1. The molecule has 110 valence electrons. The number of anilines is 2. The van der Waals surface area contributed by atoms with Crippen molar-refractivity contribution < 1.29 is 14.3 Å². The number of carbonyl (C=O) groups is 1. The minimum atomic E-state index is -0.304. The van der Waals surface area contributed by atoms with Crippen molar-refractivity contribution in [2.75, 3.05) is 25.3 Å². The molecule has 0 saturated carbocycles. The van der Waals surface area contributed by atoms with Gasteiger partial charge >= 0.3 is 0 Å². The monoisotopic (exact) mass is 286 g/mol. The molecule has 0 fully saturated rings. The van der Waals surface area contributed by atoms with E-state index in [1.54, 1.807) is 31.4 Å². The first kappa shape index (κ1) is 14.7. The molecule has 0 heterocycles. The number of benzene rings is 2. The maximum atomic E-state index is 12.4. The summed E-state index contributed by atoms with van der Waals surface area (Å²) in [7, 11) is 3.07. The van der Waals surface area contributed by atoms with Gasteiger partial charge < -0.3 is 20.5 Å². The second-order valence-corrected chi connectivity index (χ2v) is 4.62. The Labute approximate surface area is 123 Å². The fraction of sp³-hybridized carbons (Fsp3) is 0.188. The van der Waals surface area contributed by atoms with Gasteiger partial charge in [-0.15, -0.1) is 0 Å². The quantitative estimate of drug-likeness (QED) is 0.848. The summed E-state index contributed by atoms with van der Waals surface area (Å²) in [5.41, 5.74) is 8.24. The van der Waals surface area contributed by atoms with E-state index in [2.05, 4.69) is 5.32 Å².